The Morgan fingerprint density at radius 3 is 2.50 bits per heavy atom. The number of para-hydroxylation sites is 1. The fourth-order valence-corrected chi connectivity index (χ4v) is 2.60. The van der Waals surface area contributed by atoms with E-state index in [2.05, 4.69) is 15.6 Å². The summed E-state index contributed by atoms with van der Waals surface area (Å²) < 4.78 is 0. The number of aromatic nitrogens is 1. The van der Waals surface area contributed by atoms with Crippen LogP contribution in [0.2, 0.25) is 5.02 Å². The van der Waals surface area contributed by atoms with E-state index in [1.165, 1.54) is 18.3 Å². The Bertz CT molecular complexity index is 1060. The lowest BCUT2D eigenvalue weighted by atomic mass is 10.1. The average Bonchev–Trinajstić information content (AvgIpc) is 2.69. The minimum absolute atomic E-state index is 0.0403. The number of carbonyl (C=O) groups is 2. The second-order valence-corrected chi connectivity index (χ2v) is 6.03. The van der Waals surface area contributed by atoms with Gasteiger partial charge in [-0.05, 0) is 36.4 Å². The number of hydrogen-bond donors (Lipinski definition) is 2. The minimum Gasteiger partial charge on any atom is -0.321 e. The first kappa shape index (κ1) is 19.0. The minimum atomic E-state index is -0.672. The molecule has 0 saturated heterocycles. The molecule has 0 radical (unpaired) electrons. The maximum atomic E-state index is 12.5. The number of nitro benzene ring substituents is 1. The molecule has 0 atom stereocenters. The van der Waals surface area contributed by atoms with E-state index in [9.17, 15) is 19.7 Å². The molecule has 0 spiro atoms. The quantitative estimate of drug-likeness (QED) is 0.496. The van der Waals surface area contributed by atoms with Gasteiger partial charge in [0.1, 0.15) is 5.02 Å². The number of hydrogen-bond acceptors (Lipinski definition) is 5. The summed E-state index contributed by atoms with van der Waals surface area (Å²) in [6.07, 6.45) is 3.07. The van der Waals surface area contributed by atoms with Crippen molar-refractivity contribution >= 4 is 40.5 Å². The van der Waals surface area contributed by atoms with Gasteiger partial charge in [0.2, 0.25) is 0 Å². The van der Waals surface area contributed by atoms with Gasteiger partial charge in [-0.1, -0.05) is 23.7 Å². The highest BCUT2D eigenvalue weighted by molar-refractivity contribution is 6.32. The molecular formula is C19H13ClN4O4. The summed E-state index contributed by atoms with van der Waals surface area (Å²) in [4.78, 5) is 39.3. The largest absolute Gasteiger partial charge is 0.321 e. The Labute approximate surface area is 164 Å². The van der Waals surface area contributed by atoms with Gasteiger partial charge in [0.25, 0.3) is 17.5 Å². The summed E-state index contributed by atoms with van der Waals surface area (Å²) in [5.41, 5.74) is 0.645. The molecule has 28 heavy (non-hydrogen) atoms. The van der Waals surface area contributed by atoms with Crippen LogP contribution in [0.3, 0.4) is 0 Å². The van der Waals surface area contributed by atoms with Crippen LogP contribution in [0.4, 0.5) is 17.1 Å². The van der Waals surface area contributed by atoms with Gasteiger partial charge in [-0.15, -0.1) is 0 Å². The summed E-state index contributed by atoms with van der Waals surface area (Å²) in [6.45, 7) is 0. The fraction of sp³-hybridized carbons (Fsp3) is 0. The number of carbonyl (C=O) groups excluding carboxylic acids is 2. The Morgan fingerprint density at radius 1 is 1.00 bits per heavy atom. The third-order valence-electron chi connectivity index (χ3n) is 3.74. The van der Waals surface area contributed by atoms with E-state index in [0.717, 1.165) is 6.07 Å². The van der Waals surface area contributed by atoms with Gasteiger partial charge in [0.05, 0.1) is 28.1 Å². The summed E-state index contributed by atoms with van der Waals surface area (Å²) in [5.74, 6) is -1.05. The molecule has 1 heterocycles. The Hall–Kier alpha value is -3.78. The molecule has 3 rings (SSSR count). The number of halogens is 1. The van der Waals surface area contributed by atoms with Gasteiger partial charge in [0, 0.05) is 17.8 Å². The van der Waals surface area contributed by atoms with Crippen molar-refractivity contribution in [1.82, 2.24) is 4.98 Å². The predicted octanol–water partition coefficient (Wildman–Crippen LogP) is 4.15. The maximum absolute atomic E-state index is 12.5. The molecule has 8 nitrogen and oxygen atoms in total. The maximum Gasteiger partial charge on any atom is 0.288 e. The number of pyridine rings is 1. The van der Waals surface area contributed by atoms with E-state index in [-0.39, 0.29) is 27.5 Å². The van der Waals surface area contributed by atoms with E-state index in [0.29, 0.717) is 5.69 Å². The van der Waals surface area contributed by atoms with Crippen molar-refractivity contribution in [2.75, 3.05) is 10.6 Å². The predicted molar refractivity (Wildman–Crippen MR) is 105 cm³/mol. The third-order valence-corrected chi connectivity index (χ3v) is 4.06. The molecule has 1 aromatic heterocycles. The van der Waals surface area contributed by atoms with Crippen LogP contribution in [0.1, 0.15) is 20.7 Å². The molecule has 2 N–H and O–H groups in total. The van der Waals surface area contributed by atoms with E-state index in [1.54, 1.807) is 42.6 Å². The van der Waals surface area contributed by atoms with E-state index >= 15 is 0 Å². The van der Waals surface area contributed by atoms with Crippen LogP contribution >= 0.6 is 11.6 Å². The van der Waals surface area contributed by atoms with E-state index in [4.69, 9.17) is 11.6 Å². The van der Waals surface area contributed by atoms with Crippen molar-refractivity contribution in [3.8, 4) is 0 Å². The molecule has 0 fully saturated rings. The molecule has 140 valence electrons. The second-order valence-electron chi connectivity index (χ2n) is 5.62. The standard InChI is InChI=1S/C19H13ClN4O4/c20-15-8-7-12(10-17(15)24(27)28)18(25)23-16-6-2-1-5-14(16)19(26)22-13-4-3-9-21-11-13/h1-11H,(H,22,26)(H,23,25). The van der Waals surface area contributed by atoms with Crippen LogP contribution in [-0.4, -0.2) is 21.7 Å². The van der Waals surface area contributed by atoms with Crippen LogP contribution in [0.5, 0.6) is 0 Å². The topological polar surface area (TPSA) is 114 Å². The van der Waals surface area contributed by atoms with Crippen LogP contribution in [0.15, 0.2) is 67.0 Å². The molecule has 2 amide bonds. The van der Waals surface area contributed by atoms with Crippen molar-refractivity contribution in [2.45, 2.75) is 0 Å². The zero-order valence-electron chi connectivity index (χ0n) is 14.3. The molecule has 0 aliphatic rings. The first-order chi connectivity index (χ1) is 13.5. The van der Waals surface area contributed by atoms with Crippen molar-refractivity contribution in [3.63, 3.8) is 0 Å². The molecule has 0 aliphatic carbocycles. The molecule has 3 aromatic rings. The van der Waals surface area contributed by atoms with Crippen LogP contribution < -0.4 is 10.6 Å². The number of rotatable bonds is 5. The number of benzene rings is 2. The zero-order valence-corrected chi connectivity index (χ0v) is 15.0. The van der Waals surface area contributed by atoms with Crippen LogP contribution in [-0.2, 0) is 0 Å². The van der Waals surface area contributed by atoms with Gasteiger partial charge < -0.3 is 10.6 Å². The van der Waals surface area contributed by atoms with Gasteiger partial charge in [-0.25, -0.2) is 0 Å². The highest BCUT2D eigenvalue weighted by Gasteiger charge is 2.18. The molecular weight excluding hydrogens is 384 g/mol. The third kappa shape index (κ3) is 4.30. The smallest absolute Gasteiger partial charge is 0.288 e. The van der Waals surface area contributed by atoms with Crippen molar-refractivity contribution < 1.29 is 14.5 Å². The molecule has 9 heteroatoms. The molecule has 2 aromatic carbocycles. The van der Waals surface area contributed by atoms with Crippen LogP contribution in [0.25, 0.3) is 0 Å². The Kier molecular flexibility index (Phi) is 5.61. The molecule has 0 saturated carbocycles. The lowest BCUT2D eigenvalue weighted by Gasteiger charge is -2.11. The summed E-state index contributed by atoms with van der Waals surface area (Å²) >= 11 is 5.77. The molecule has 0 aliphatic heterocycles. The molecule has 0 bridgehead atoms. The van der Waals surface area contributed by atoms with Crippen LogP contribution in [0, 0.1) is 10.1 Å². The number of anilines is 2. The van der Waals surface area contributed by atoms with Crippen molar-refractivity contribution in [2.24, 2.45) is 0 Å². The highest BCUT2D eigenvalue weighted by Crippen LogP contribution is 2.26. The van der Waals surface area contributed by atoms with Gasteiger partial charge >= 0.3 is 0 Å². The van der Waals surface area contributed by atoms with Crippen molar-refractivity contribution in [1.29, 1.82) is 0 Å². The van der Waals surface area contributed by atoms with Gasteiger partial charge in [0.15, 0.2) is 0 Å². The monoisotopic (exact) mass is 396 g/mol. The number of nitro groups is 1. The summed E-state index contributed by atoms with van der Waals surface area (Å²) in [5, 5.41) is 16.2. The van der Waals surface area contributed by atoms with Crippen molar-refractivity contribution in [3.05, 3.63) is 93.3 Å². The number of nitrogens with one attached hydrogen (secondary N) is 2. The Balaban J connectivity index is 1.83. The Morgan fingerprint density at radius 2 is 1.79 bits per heavy atom. The second kappa shape index (κ2) is 8.28. The lowest BCUT2D eigenvalue weighted by molar-refractivity contribution is -0.384. The number of nitrogens with zero attached hydrogens (tertiary/aromatic N) is 2. The first-order valence-corrected chi connectivity index (χ1v) is 8.39. The van der Waals surface area contributed by atoms with Gasteiger partial charge in [-0.2, -0.15) is 0 Å². The first-order valence-electron chi connectivity index (χ1n) is 8.01. The normalized spacial score (nSPS) is 10.2. The van der Waals surface area contributed by atoms with E-state index in [1.807, 2.05) is 0 Å². The average molecular weight is 397 g/mol. The zero-order chi connectivity index (χ0) is 20.1. The lowest BCUT2D eigenvalue weighted by Crippen LogP contribution is -2.18. The van der Waals surface area contributed by atoms with E-state index < -0.39 is 16.7 Å². The summed E-state index contributed by atoms with van der Waals surface area (Å²) in [7, 11) is 0. The SMILES string of the molecule is O=C(Nc1ccccc1C(=O)Nc1cccnc1)c1ccc(Cl)c([N+](=O)[O-])c1. The summed E-state index contributed by atoms with van der Waals surface area (Å²) in [6, 6.07) is 13.5. The fourth-order valence-electron chi connectivity index (χ4n) is 2.41. The van der Waals surface area contributed by atoms with Gasteiger partial charge in [-0.3, -0.25) is 24.7 Å². The molecule has 0 unspecified atom stereocenters. The highest BCUT2D eigenvalue weighted by atomic mass is 35.5. The number of amides is 2.